The summed E-state index contributed by atoms with van der Waals surface area (Å²) in [5.41, 5.74) is 5.53. The molecule has 1 aromatic rings. The molecule has 76 valence electrons. The predicted molar refractivity (Wildman–Crippen MR) is 51.4 cm³/mol. The van der Waals surface area contributed by atoms with Crippen LogP contribution in [0.4, 0.5) is 0 Å². The van der Waals surface area contributed by atoms with Crippen LogP contribution < -0.4 is 5.73 Å². The number of nitrogens with two attached hydrogens (primary N) is 1. The van der Waals surface area contributed by atoms with Crippen molar-refractivity contribution in [3.63, 3.8) is 0 Å². The van der Waals surface area contributed by atoms with Gasteiger partial charge in [0.1, 0.15) is 11.9 Å². The molecule has 2 heterocycles. The number of imidazole rings is 1. The van der Waals surface area contributed by atoms with E-state index in [0.717, 1.165) is 18.8 Å². The molecule has 0 aliphatic carbocycles. The van der Waals surface area contributed by atoms with Crippen molar-refractivity contribution in [1.82, 2.24) is 14.5 Å². The molecule has 5 nitrogen and oxygen atoms in total. The van der Waals surface area contributed by atoms with Crippen molar-refractivity contribution in [1.29, 1.82) is 0 Å². The second kappa shape index (κ2) is 3.42. The molecule has 5 heteroatoms. The van der Waals surface area contributed by atoms with E-state index in [1.54, 1.807) is 11.1 Å². The van der Waals surface area contributed by atoms with Crippen molar-refractivity contribution in [2.24, 2.45) is 5.73 Å². The van der Waals surface area contributed by atoms with E-state index in [9.17, 15) is 4.79 Å². The molecule has 0 bridgehead atoms. The van der Waals surface area contributed by atoms with Crippen LogP contribution in [0.5, 0.6) is 0 Å². The number of rotatable bonds is 2. The Bertz CT molecular complexity index is 346. The molecule has 1 saturated heterocycles. The minimum atomic E-state index is -0.0963. The zero-order chi connectivity index (χ0) is 10.1. The summed E-state index contributed by atoms with van der Waals surface area (Å²) in [6.07, 6.45) is 4.36. The lowest BCUT2D eigenvalue weighted by Gasteiger charge is -2.13. The van der Waals surface area contributed by atoms with Crippen LogP contribution in [-0.2, 0) is 11.3 Å². The van der Waals surface area contributed by atoms with Crippen molar-refractivity contribution in [3.05, 3.63) is 18.2 Å². The lowest BCUT2D eigenvalue weighted by Crippen LogP contribution is -2.25. The van der Waals surface area contributed by atoms with Gasteiger partial charge in [0.15, 0.2) is 0 Å². The highest BCUT2D eigenvalue weighted by molar-refractivity contribution is 5.82. The number of carbonyl (C=O) groups is 1. The largest absolute Gasteiger partial charge is 0.344 e. The third-order valence-corrected chi connectivity index (χ3v) is 2.67. The molecular weight excluding hydrogens is 180 g/mol. The topological polar surface area (TPSA) is 64.2 Å². The first kappa shape index (κ1) is 9.21. The number of hydrogen-bond acceptors (Lipinski definition) is 3. The Labute approximate surface area is 82.5 Å². The normalized spacial score (nSPS) is 22.0. The minimum absolute atomic E-state index is 0.0963. The lowest BCUT2D eigenvalue weighted by atomic mass is 10.2. The quantitative estimate of drug-likeness (QED) is 0.705. The van der Waals surface area contributed by atoms with E-state index in [0.29, 0.717) is 6.54 Å². The SMILES string of the molecule is CN1CCC(n2ccnc2CN)C1=O. The molecule has 0 spiro atoms. The summed E-state index contributed by atoms with van der Waals surface area (Å²) in [4.78, 5) is 17.6. The van der Waals surface area contributed by atoms with Crippen molar-refractivity contribution < 1.29 is 4.79 Å². The molecule has 1 unspecified atom stereocenters. The Morgan fingerprint density at radius 2 is 2.50 bits per heavy atom. The molecule has 1 aliphatic heterocycles. The van der Waals surface area contributed by atoms with Gasteiger partial charge in [0.05, 0.1) is 6.54 Å². The van der Waals surface area contributed by atoms with Gasteiger partial charge in [0, 0.05) is 26.0 Å². The lowest BCUT2D eigenvalue weighted by molar-refractivity contribution is -0.129. The molecule has 0 aromatic carbocycles. The highest BCUT2D eigenvalue weighted by Gasteiger charge is 2.31. The van der Waals surface area contributed by atoms with Gasteiger partial charge in [0.25, 0.3) is 0 Å². The maximum absolute atomic E-state index is 11.7. The first-order valence-electron chi connectivity index (χ1n) is 4.71. The van der Waals surface area contributed by atoms with Gasteiger partial charge >= 0.3 is 0 Å². The molecule has 2 rings (SSSR count). The Hall–Kier alpha value is -1.36. The van der Waals surface area contributed by atoms with Gasteiger partial charge in [-0.05, 0) is 6.42 Å². The first-order valence-corrected chi connectivity index (χ1v) is 4.71. The molecule has 1 fully saturated rings. The van der Waals surface area contributed by atoms with Crippen LogP contribution in [0, 0.1) is 0 Å². The molecule has 1 aromatic heterocycles. The number of amides is 1. The smallest absolute Gasteiger partial charge is 0.245 e. The van der Waals surface area contributed by atoms with E-state index in [-0.39, 0.29) is 11.9 Å². The zero-order valence-electron chi connectivity index (χ0n) is 8.18. The van der Waals surface area contributed by atoms with Crippen LogP contribution in [-0.4, -0.2) is 34.0 Å². The van der Waals surface area contributed by atoms with Crippen LogP contribution >= 0.6 is 0 Å². The third kappa shape index (κ3) is 1.29. The molecule has 14 heavy (non-hydrogen) atoms. The summed E-state index contributed by atoms with van der Waals surface area (Å²) >= 11 is 0. The fourth-order valence-corrected chi connectivity index (χ4v) is 1.85. The van der Waals surface area contributed by atoms with Crippen molar-refractivity contribution in [2.75, 3.05) is 13.6 Å². The van der Waals surface area contributed by atoms with Crippen molar-refractivity contribution in [2.45, 2.75) is 19.0 Å². The predicted octanol–water partition coefficient (Wildman–Crippen LogP) is -0.255. The fraction of sp³-hybridized carbons (Fsp3) is 0.556. The van der Waals surface area contributed by atoms with Gasteiger partial charge in [-0.2, -0.15) is 0 Å². The first-order chi connectivity index (χ1) is 6.74. The Morgan fingerprint density at radius 3 is 3.07 bits per heavy atom. The summed E-state index contributed by atoms with van der Waals surface area (Å²) in [6, 6.07) is -0.0963. The Kier molecular flexibility index (Phi) is 2.25. The molecular formula is C9H14N4O. The van der Waals surface area contributed by atoms with Crippen molar-refractivity contribution in [3.8, 4) is 0 Å². The van der Waals surface area contributed by atoms with Crippen LogP contribution in [0.25, 0.3) is 0 Å². The maximum atomic E-state index is 11.7. The fourth-order valence-electron chi connectivity index (χ4n) is 1.85. The van der Waals surface area contributed by atoms with Gasteiger partial charge in [-0.25, -0.2) is 4.98 Å². The monoisotopic (exact) mass is 194 g/mol. The summed E-state index contributed by atoms with van der Waals surface area (Å²) < 4.78 is 1.88. The molecule has 1 aliphatic rings. The van der Waals surface area contributed by atoms with Crippen molar-refractivity contribution >= 4 is 5.91 Å². The summed E-state index contributed by atoms with van der Waals surface area (Å²) in [7, 11) is 1.82. The van der Waals surface area contributed by atoms with E-state index in [1.807, 2.05) is 17.8 Å². The number of nitrogens with zero attached hydrogens (tertiary/aromatic N) is 3. The molecule has 0 radical (unpaired) electrons. The summed E-state index contributed by atoms with van der Waals surface area (Å²) in [5, 5.41) is 0. The van der Waals surface area contributed by atoms with Gasteiger partial charge in [-0.15, -0.1) is 0 Å². The van der Waals surface area contributed by atoms with E-state index in [4.69, 9.17) is 5.73 Å². The van der Waals surface area contributed by atoms with Crippen LogP contribution in [0.3, 0.4) is 0 Å². The number of likely N-dealkylation sites (tertiary alicyclic amines) is 1. The average Bonchev–Trinajstić information content (AvgIpc) is 2.75. The zero-order valence-corrected chi connectivity index (χ0v) is 8.18. The Morgan fingerprint density at radius 1 is 1.71 bits per heavy atom. The standard InChI is InChI=1S/C9H14N4O/c1-12-4-2-7(9(12)14)13-5-3-11-8(13)6-10/h3,5,7H,2,4,6,10H2,1H3. The van der Waals surface area contributed by atoms with E-state index in [2.05, 4.69) is 4.98 Å². The second-order valence-corrected chi connectivity index (χ2v) is 3.52. The molecule has 1 atom stereocenters. The van der Waals surface area contributed by atoms with Crippen LogP contribution in [0.15, 0.2) is 12.4 Å². The third-order valence-electron chi connectivity index (χ3n) is 2.67. The number of likely N-dealkylation sites (N-methyl/N-ethyl adjacent to an activating group) is 1. The molecule has 2 N–H and O–H groups in total. The Balaban J connectivity index is 2.27. The van der Waals surface area contributed by atoms with Gasteiger partial charge < -0.3 is 15.2 Å². The number of hydrogen-bond donors (Lipinski definition) is 1. The van der Waals surface area contributed by atoms with E-state index >= 15 is 0 Å². The van der Waals surface area contributed by atoms with Crippen LogP contribution in [0.1, 0.15) is 18.3 Å². The number of carbonyl (C=O) groups excluding carboxylic acids is 1. The molecule has 0 saturated carbocycles. The van der Waals surface area contributed by atoms with E-state index < -0.39 is 0 Å². The summed E-state index contributed by atoms with van der Waals surface area (Å²) in [5.74, 6) is 0.927. The number of aromatic nitrogens is 2. The minimum Gasteiger partial charge on any atom is -0.344 e. The van der Waals surface area contributed by atoms with E-state index in [1.165, 1.54) is 0 Å². The highest BCUT2D eigenvalue weighted by atomic mass is 16.2. The highest BCUT2D eigenvalue weighted by Crippen LogP contribution is 2.22. The van der Waals surface area contributed by atoms with Gasteiger partial charge in [-0.3, -0.25) is 4.79 Å². The second-order valence-electron chi connectivity index (χ2n) is 3.52. The average molecular weight is 194 g/mol. The van der Waals surface area contributed by atoms with Gasteiger partial charge in [0.2, 0.25) is 5.91 Å². The van der Waals surface area contributed by atoms with Gasteiger partial charge in [-0.1, -0.05) is 0 Å². The maximum Gasteiger partial charge on any atom is 0.245 e. The molecule has 1 amide bonds. The van der Waals surface area contributed by atoms with Crippen LogP contribution in [0.2, 0.25) is 0 Å². The summed E-state index contributed by atoms with van der Waals surface area (Å²) in [6.45, 7) is 1.19.